The van der Waals surface area contributed by atoms with Crippen LogP contribution in [0.25, 0.3) is 33.9 Å². The van der Waals surface area contributed by atoms with Crippen molar-refractivity contribution in [3.63, 3.8) is 0 Å². The van der Waals surface area contributed by atoms with Crippen LogP contribution in [0, 0.1) is 11.3 Å². The van der Waals surface area contributed by atoms with Crippen molar-refractivity contribution in [2.45, 2.75) is 0 Å². The second-order valence-corrected chi connectivity index (χ2v) is 5.91. The molecule has 6 nitrogen and oxygen atoms in total. The van der Waals surface area contributed by atoms with Gasteiger partial charge in [-0.2, -0.15) is 5.26 Å². The molecule has 122 valence electrons. The topological polar surface area (TPSA) is 90.3 Å². The Bertz CT molecular complexity index is 1120. The molecule has 3 aromatic heterocycles. The van der Waals surface area contributed by atoms with Crippen LogP contribution in [-0.2, 0) is 0 Å². The molecule has 4 aromatic rings. The molecule has 1 aliphatic heterocycles. The lowest BCUT2D eigenvalue weighted by molar-refractivity contribution is 1.26. The van der Waals surface area contributed by atoms with E-state index in [1.54, 1.807) is 24.7 Å². The maximum absolute atomic E-state index is 9.42. The Balaban J connectivity index is 1.82. The Morgan fingerprint density at radius 2 is 1.81 bits per heavy atom. The number of hydrogen-bond acceptors (Lipinski definition) is 5. The van der Waals surface area contributed by atoms with Gasteiger partial charge in [0.25, 0.3) is 0 Å². The number of pyridine rings is 2. The lowest BCUT2D eigenvalue weighted by Gasteiger charge is -2.08. The number of imidazole rings is 1. The third-order valence-electron chi connectivity index (χ3n) is 4.41. The minimum Gasteiger partial charge on any atom is -0.338 e. The van der Waals surface area contributed by atoms with Gasteiger partial charge in [0, 0.05) is 29.1 Å². The van der Waals surface area contributed by atoms with Crippen molar-refractivity contribution in [1.29, 1.82) is 5.26 Å². The molecule has 0 unspecified atom stereocenters. The van der Waals surface area contributed by atoms with Crippen LogP contribution in [0.15, 0.2) is 61.1 Å². The minimum atomic E-state index is 0.580. The van der Waals surface area contributed by atoms with Gasteiger partial charge >= 0.3 is 0 Å². The standard InChI is InChI=1S/C20H12N6/c21-10-12-4-1-2-5-13(12)20-25-17-14-7-9-22-11-16(14)24-19-15(18(17)26-20)6-3-8-23-19/h1-9,11H,(H,23,24)(H,25,26). The SMILES string of the molecule is N#Cc1ccccc1-c1nc2c([nH]1)-c1ccncc1Nc1ncccc1-2. The number of nitrogens with zero attached hydrogens (tertiary/aromatic N) is 4. The van der Waals surface area contributed by atoms with Crippen molar-refractivity contribution in [1.82, 2.24) is 19.9 Å². The highest BCUT2D eigenvalue weighted by atomic mass is 15.0. The molecule has 4 heterocycles. The van der Waals surface area contributed by atoms with Crippen molar-refractivity contribution < 1.29 is 0 Å². The summed E-state index contributed by atoms with van der Waals surface area (Å²) in [6.07, 6.45) is 5.26. The summed E-state index contributed by atoms with van der Waals surface area (Å²) in [5.41, 5.74) is 5.75. The molecule has 1 aliphatic rings. The van der Waals surface area contributed by atoms with Gasteiger partial charge in [0.05, 0.1) is 29.2 Å². The smallest absolute Gasteiger partial charge is 0.139 e. The Labute approximate surface area is 149 Å². The van der Waals surface area contributed by atoms with Crippen LogP contribution in [0.1, 0.15) is 5.56 Å². The number of rotatable bonds is 1. The molecule has 5 rings (SSSR count). The Morgan fingerprint density at radius 1 is 0.923 bits per heavy atom. The number of aromatic nitrogens is 4. The van der Waals surface area contributed by atoms with Crippen molar-refractivity contribution in [3.05, 3.63) is 66.6 Å². The molecule has 2 N–H and O–H groups in total. The second kappa shape index (κ2) is 5.53. The zero-order chi connectivity index (χ0) is 17.5. The molecule has 0 fully saturated rings. The summed E-state index contributed by atoms with van der Waals surface area (Å²) >= 11 is 0. The first-order valence-electron chi connectivity index (χ1n) is 8.11. The van der Waals surface area contributed by atoms with E-state index in [1.807, 2.05) is 36.4 Å². The molecule has 0 saturated heterocycles. The number of aromatic amines is 1. The van der Waals surface area contributed by atoms with Gasteiger partial charge in [0.2, 0.25) is 0 Å². The Morgan fingerprint density at radius 3 is 2.73 bits per heavy atom. The Kier molecular flexibility index (Phi) is 3.06. The summed E-state index contributed by atoms with van der Waals surface area (Å²) in [5.74, 6) is 1.39. The summed E-state index contributed by atoms with van der Waals surface area (Å²) < 4.78 is 0. The minimum absolute atomic E-state index is 0.580. The highest BCUT2D eigenvalue weighted by Gasteiger charge is 2.24. The molecule has 0 radical (unpaired) electrons. The van der Waals surface area contributed by atoms with E-state index in [0.29, 0.717) is 11.4 Å². The molecule has 26 heavy (non-hydrogen) atoms. The van der Waals surface area contributed by atoms with E-state index in [0.717, 1.165) is 39.6 Å². The summed E-state index contributed by atoms with van der Waals surface area (Å²) in [5, 5.41) is 12.8. The number of benzene rings is 1. The van der Waals surface area contributed by atoms with Gasteiger partial charge < -0.3 is 10.3 Å². The van der Waals surface area contributed by atoms with E-state index < -0.39 is 0 Å². The predicted molar refractivity (Wildman–Crippen MR) is 98.5 cm³/mol. The maximum Gasteiger partial charge on any atom is 0.139 e. The molecule has 0 aliphatic carbocycles. The van der Waals surface area contributed by atoms with Crippen LogP contribution in [0.4, 0.5) is 11.5 Å². The predicted octanol–water partition coefficient (Wildman–Crippen LogP) is 4.13. The van der Waals surface area contributed by atoms with Gasteiger partial charge in [-0.15, -0.1) is 0 Å². The van der Waals surface area contributed by atoms with Crippen LogP contribution in [-0.4, -0.2) is 19.9 Å². The molecular formula is C20H12N6. The number of anilines is 2. The maximum atomic E-state index is 9.42. The fourth-order valence-corrected chi connectivity index (χ4v) is 3.21. The summed E-state index contributed by atoms with van der Waals surface area (Å²) in [6, 6.07) is 15.5. The lowest BCUT2D eigenvalue weighted by Crippen LogP contribution is -1.96. The first kappa shape index (κ1) is 14.4. The van der Waals surface area contributed by atoms with Gasteiger partial charge in [-0.25, -0.2) is 9.97 Å². The van der Waals surface area contributed by atoms with Crippen LogP contribution >= 0.6 is 0 Å². The third kappa shape index (κ3) is 2.08. The highest BCUT2D eigenvalue weighted by molar-refractivity contribution is 5.95. The normalized spacial score (nSPS) is 11.3. The van der Waals surface area contributed by atoms with E-state index in [1.165, 1.54) is 0 Å². The van der Waals surface area contributed by atoms with Gasteiger partial charge in [-0.05, 0) is 30.3 Å². The van der Waals surface area contributed by atoms with E-state index in [-0.39, 0.29) is 0 Å². The monoisotopic (exact) mass is 336 g/mol. The molecule has 0 amide bonds. The molecule has 0 saturated carbocycles. The van der Waals surface area contributed by atoms with Gasteiger partial charge in [-0.1, -0.05) is 12.1 Å². The summed E-state index contributed by atoms with van der Waals surface area (Å²) in [6.45, 7) is 0. The summed E-state index contributed by atoms with van der Waals surface area (Å²) in [4.78, 5) is 16.9. The quantitative estimate of drug-likeness (QED) is 0.480. The largest absolute Gasteiger partial charge is 0.338 e. The number of hydrogen-bond donors (Lipinski definition) is 2. The van der Waals surface area contributed by atoms with Crippen LogP contribution in [0.3, 0.4) is 0 Å². The zero-order valence-corrected chi connectivity index (χ0v) is 13.6. The van der Waals surface area contributed by atoms with E-state index >= 15 is 0 Å². The average molecular weight is 336 g/mol. The van der Waals surface area contributed by atoms with E-state index in [9.17, 15) is 5.26 Å². The van der Waals surface area contributed by atoms with Crippen LogP contribution < -0.4 is 5.32 Å². The number of H-pyrrole nitrogens is 1. The van der Waals surface area contributed by atoms with Crippen molar-refractivity contribution >= 4 is 11.5 Å². The summed E-state index contributed by atoms with van der Waals surface area (Å²) in [7, 11) is 0. The van der Waals surface area contributed by atoms with Gasteiger partial charge in [-0.3, -0.25) is 4.98 Å². The van der Waals surface area contributed by atoms with Gasteiger partial charge in [0.15, 0.2) is 0 Å². The van der Waals surface area contributed by atoms with Crippen molar-refractivity contribution in [2.75, 3.05) is 5.32 Å². The third-order valence-corrected chi connectivity index (χ3v) is 4.41. The number of fused-ring (bicyclic) bond motifs is 5. The van der Waals surface area contributed by atoms with Crippen LogP contribution in [0.5, 0.6) is 0 Å². The Hall–Kier alpha value is -3.98. The molecule has 0 atom stereocenters. The first-order chi connectivity index (χ1) is 12.8. The molecule has 0 spiro atoms. The molecule has 1 aromatic carbocycles. The highest BCUT2D eigenvalue weighted by Crippen LogP contribution is 2.42. The second-order valence-electron chi connectivity index (χ2n) is 5.91. The average Bonchev–Trinajstić information content (AvgIpc) is 3.08. The fraction of sp³-hybridized carbons (Fsp3) is 0. The first-order valence-corrected chi connectivity index (χ1v) is 8.11. The van der Waals surface area contributed by atoms with Crippen LogP contribution in [0.2, 0.25) is 0 Å². The fourth-order valence-electron chi connectivity index (χ4n) is 3.21. The van der Waals surface area contributed by atoms with E-state index in [2.05, 4.69) is 26.3 Å². The molecule has 0 bridgehead atoms. The number of nitrogens with one attached hydrogen (secondary N) is 2. The zero-order valence-electron chi connectivity index (χ0n) is 13.6. The van der Waals surface area contributed by atoms with Crippen molar-refractivity contribution in [2.24, 2.45) is 0 Å². The molecular weight excluding hydrogens is 324 g/mol. The number of nitriles is 1. The lowest BCUT2D eigenvalue weighted by atomic mass is 10.1. The van der Waals surface area contributed by atoms with Gasteiger partial charge in [0.1, 0.15) is 17.3 Å². The van der Waals surface area contributed by atoms with E-state index in [4.69, 9.17) is 4.98 Å². The molecule has 6 heteroatoms. The van der Waals surface area contributed by atoms with Crippen molar-refractivity contribution in [3.8, 4) is 40.0 Å².